The van der Waals surface area contributed by atoms with Gasteiger partial charge in [0, 0.05) is 52.3 Å². The van der Waals surface area contributed by atoms with Crippen molar-refractivity contribution >= 4 is 33.4 Å². The van der Waals surface area contributed by atoms with Crippen molar-refractivity contribution in [3.63, 3.8) is 0 Å². The standard InChI is InChI=1S/C22H25NO2/c1-4-7-12-23-19-10-8-15(21(24)5-2)13-17(19)18-14-16(22(25)6-3)9-11-20(18)23/h8-11,13-14H,4-7,12H2,1-3H3. The van der Waals surface area contributed by atoms with E-state index >= 15 is 0 Å². The molecule has 2 aromatic carbocycles. The normalized spacial score (nSPS) is 11.3. The zero-order valence-corrected chi connectivity index (χ0v) is 15.3. The second-order valence-electron chi connectivity index (χ2n) is 6.52. The summed E-state index contributed by atoms with van der Waals surface area (Å²) in [6.45, 7) is 6.90. The largest absolute Gasteiger partial charge is 0.340 e. The first kappa shape index (κ1) is 17.4. The molecule has 0 saturated heterocycles. The van der Waals surface area contributed by atoms with Crippen molar-refractivity contribution in [2.75, 3.05) is 0 Å². The smallest absolute Gasteiger partial charge is 0.162 e. The van der Waals surface area contributed by atoms with Crippen LogP contribution in [0.2, 0.25) is 0 Å². The molecule has 1 aromatic heterocycles. The molecule has 0 radical (unpaired) electrons. The number of aromatic nitrogens is 1. The van der Waals surface area contributed by atoms with Gasteiger partial charge in [-0.3, -0.25) is 9.59 Å². The molecule has 0 aliphatic carbocycles. The molecule has 3 aromatic rings. The summed E-state index contributed by atoms with van der Waals surface area (Å²) in [4.78, 5) is 24.3. The Morgan fingerprint density at radius 2 is 1.28 bits per heavy atom. The summed E-state index contributed by atoms with van der Waals surface area (Å²) in [5.74, 6) is 0.300. The van der Waals surface area contributed by atoms with E-state index in [0.29, 0.717) is 12.8 Å². The summed E-state index contributed by atoms with van der Waals surface area (Å²) < 4.78 is 2.31. The van der Waals surface area contributed by atoms with Crippen LogP contribution in [0.25, 0.3) is 21.8 Å². The number of carbonyl (C=O) groups excluding carboxylic acids is 2. The molecule has 0 amide bonds. The number of unbranched alkanes of at least 4 members (excludes halogenated alkanes) is 1. The summed E-state index contributed by atoms with van der Waals surface area (Å²) in [6.07, 6.45) is 3.23. The van der Waals surface area contributed by atoms with Crippen LogP contribution in [0.5, 0.6) is 0 Å². The van der Waals surface area contributed by atoms with Gasteiger partial charge in [-0.1, -0.05) is 27.2 Å². The van der Waals surface area contributed by atoms with E-state index in [0.717, 1.165) is 52.3 Å². The van der Waals surface area contributed by atoms with Crippen LogP contribution >= 0.6 is 0 Å². The Kier molecular flexibility index (Phi) is 5.03. The van der Waals surface area contributed by atoms with E-state index in [1.165, 1.54) is 0 Å². The van der Waals surface area contributed by atoms with Crippen LogP contribution < -0.4 is 0 Å². The molecule has 0 aliphatic heterocycles. The minimum atomic E-state index is 0.150. The lowest BCUT2D eigenvalue weighted by Crippen LogP contribution is -1.99. The number of hydrogen-bond donors (Lipinski definition) is 0. The van der Waals surface area contributed by atoms with Crippen LogP contribution in [0.4, 0.5) is 0 Å². The van der Waals surface area contributed by atoms with E-state index < -0.39 is 0 Å². The molecule has 3 nitrogen and oxygen atoms in total. The Hall–Kier alpha value is -2.42. The maximum absolute atomic E-state index is 12.1. The predicted molar refractivity (Wildman–Crippen MR) is 104 cm³/mol. The van der Waals surface area contributed by atoms with Crippen LogP contribution in [0.1, 0.15) is 67.2 Å². The quantitative estimate of drug-likeness (QED) is 0.513. The maximum atomic E-state index is 12.1. The molecule has 0 N–H and O–H groups in total. The van der Waals surface area contributed by atoms with E-state index in [1.807, 2.05) is 38.1 Å². The van der Waals surface area contributed by atoms with Gasteiger partial charge in [0.05, 0.1) is 0 Å². The molecule has 0 saturated carbocycles. The Morgan fingerprint density at radius 3 is 1.68 bits per heavy atom. The Balaban J connectivity index is 2.29. The number of benzene rings is 2. The molecular weight excluding hydrogens is 310 g/mol. The first-order chi connectivity index (χ1) is 12.1. The van der Waals surface area contributed by atoms with Crippen LogP contribution in [-0.4, -0.2) is 16.1 Å². The minimum Gasteiger partial charge on any atom is -0.340 e. The van der Waals surface area contributed by atoms with E-state index in [4.69, 9.17) is 0 Å². The highest BCUT2D eigenvalue weighted by atomic mass is 16.1. The second kappa shape index (κ2) is 7.22. The first-order valence-corrected chi connectivity index (χ1v) is 9.23. The van der Waals surface area contributed by atoms with Crippen LogP contribution in [0.3, 0.4) is 0 Å². The van der Waals surface area contributed by atoms with E-state index in [2.05, 4.69) is 23.6 Å². The van der Waals surface area contributed by atoms with Gasteiger partial charge in [-0.05, 0) is 42.8 Å². The lowest BCUT2D eigenvalue weighted by Gasteiger charge is -2.07. The average molecular weight is 335 g/mol. The molecule has 3 heteroatoms. The highest BCUT2D eigenvalue weighted by Crippen LogP contribution is 2.31. The molecule has 3 rings (SSSR count). The number of aryl methyl sites for hydroxylation is 1. The predicted octanol–water partition coefficient (Wildman–Crippen LogP) is 5.78. The second-order valence-corrected chi connectivity index (χ2v) is 6.52. The topological polar surface area (TPSA) is 39.1 Å². The van der Waals surface area contributed by atoms with E-state index in [1.54, 1.807) is 0 Å². The molecule has 0 spiro atoms. The minimum absolute atomic E-state index is 0.150. The van der Waals surface area contributed by atoms with Gasteiger partial charge in [-0.15, -0.1) is 0 Å². The van der Waals surface area contributed by atoms with Crippen molar-refractivity contribution in [2.45, 2.75) is 53.0 Å². The van der Waals surface area contributed by atoms with Gasteiger partial charge >= 0.3 is 0 Å². The van der Waals surface area contributed by atoms with Gasteiger partial charge in [0.1, 0.15) is 0 Å². The average Bonchev–Trinajstić information content (AvgIpc) is 2.97. The van der Waals surface area contributed by atoms with Crippen LogP contribution in [0.15, 0.2) is 36.4 Å². The first-order valence-electron chi connectivity index (χ1n) is 9.23. The molecule has 25 heavy (non-hydrogen) atoms. The third-order valence-electron chi connectivity index (χ3n) is 4.89. The van der Waals surface area contributed by atoms with Crippen LogP contribution in [-0.2, 0) is 6.54 Å². The van der Waals surface area contributed by atoms with Gasteiger partial charge in [0.2, 0.25) is 0 Å². The Morgan fingerprint density at radius 1 is 0.800 bits per heavy atom. The zero-order chi connectivity index (χ0) is 18.0. The number of nitrogens with zero attached hydrogens (tertiary/aromatic N) is 1. The summed E-state index contributed by atoms with van der Waals surface area (Å²) in [5, 5.41) is 2.13. The molecule has 1 heterocycles. The fraction of sp³-hybridized carbons (Fsp3) is 0.364. The highest BCUT2D eigenvalue weighted by molar-refractivity contribution is 6.13. The number of rotatable bonds is 7. The lowest BCUT2D eigenvalue weighted by atomic mass is 10.0. The van der Waals surface area contributed by atoms with Crippen molar-refractivity contribution in [1.29, 1.82) is 0 Å². The number of ketones is 2. The van der Waals surface area contributed by atoms with Crippen LogP contribution in [0, 0.1) is 0 Å². The Labute approximate surface area is 148 Å². The fourth-order valence-electron chi connectivity index (χ4n) is 3.42. The third-order valence-corrected chi connectivity index (χ3v) is 4.89. The maximum Gasteiger partial charge on any atom is 0.162 e. The zero-order valence-electron chi connectivity index (χ0n) is 15.3. The number of carbonyl (C=O) groups is 2. The molecule has 0 bridgehead atoms. The van der Waals surface area contributed by atoms with Gasteiger partial charge < -0.3 is 4.57 Å². The fourth-order valence-corrected chi connectivity index (χ4v) is 3.42. The van der Waals surface area contributed by atoms with Gasteiger partial charge in [0.15, 0.2) is 11.6 Å². The van der Waals surface area contributed by atoms with Gasteiger partial charge in [0.25, 0.3) is 0 Å². The van der Waals surface area contributed by atoms with E-state index in [-0.39, 0.29) is 11.6 Å². The molecule has 0 aliphatic rings. The number of hydrogen-bond acceptors (Lipinski definition) is 2. The third kappa shape index (κ3) is 3.11. The molecule has 0 fully saturated rings. The summed E-state index contributed by atoms with van der Waals surface area (Å²) >= 11 is 0. The molecule has 130 valence electrons. The molecular formula is C22H25NO2. The summed E-state index contributed by atoms with van der Waals surface area (Å²) in [6, 6.07) is 11.9. The van der Waals surface area contributed by atoms with E-state index in [9.17, 15) is 9.59 Å². The summed E-state index contributed by atoms with van der Waals surface area (Å²) in [5.41, 5.74) is 3.77. The lowest BCUT2D eigenvalue weighted by molar-refractivity contribution is 0.0980. The molecule has 0 unspecified atom stereocenters. The van der Waals surface area contributed by atoms with Crippen molar-refractivity contribution in [3.05, 3.63) is 47.5 Å². The van der Waals surface area contributed by atoms with Crippen molar-refractivity contribution in [2.24, 2.45) is 0 Å². The number of fused-ring (bicyclic) bond motifs is 3. The summed E-state index contributed by atoms with van der Waals surface area (Å²) in [7, 11) is 0. The monoisotopic (exact) mass is 335 g/mol. The van der Waals surface area contributed by atoms with Crippen molar-refractivity contribution in [3.8, 4) is 0 Å². The van der Waals surface area contributed by atoms with Gasteiger partial charge in [-0.25, -0.2) is 0 Å². The SMILES string of the molecule is CCCCn1c2ccc(C(=O)CC)cc2c2cc(C(=O)CC)ccc21. The molecule has 0 atom stereocenters. The highest BCUT2D eigenvalue weighted by Gasteiger charge is 2.14. The van der Waals surface area contributed by atoms with Crippen molar-refractivity contribution < 1.29 is 9.59 Å². The number of Topliss-reactive ketones (excluding diaryl/α,β-unsaturated/α-hetero) is 2. The van der Waals surface area contributed by atoms with Crippen molar-refractivity contribution in [1.82, 2.24) is 4.57 Å². The Bertz CT molecular complexity index is 876. The van der Waals surface area contributed by atoms with Gasteiger partial charge in [-0.2, -0.15) is 0 Å².